The van der Waals surface area contributed by atoms with Gasteiger partial charge < -0.3 is 11.1 Å². The van der Waals surface area contributed by atoms with E-state index in [-0.39, 0.29) is 11.9 Å². The van der Waals surface area contributed by atoms with Gasteiger partial charge in [-0.25, -0.2) is 0 Å². The van der Waals surface area contributed by atoms with Crippen LogP contribution < -0.4 is 11.1 Å². The van der Waals surface area contributed by atoms with Gasteiger partial charge in [0.05, 0.1) is 11.6 Å². The Kier molecular flexibility index (Phi) is 2.97. The van der Waals surface area contributed by atoms with E-state index in [2.05, 4.69) is 5.32 Å². The van der Waals surface area contributed by atoms with Gasteiger partial charge in [0.2, 0.25) is 5.91 Å². The monoisotopic (exact) mass is 218 g/mol. The lowest BCUT2D eigenvalue weighted by atomic mass is 9.77. The minimum absolute atomic E-state index is 0.0184. The zero-order valence-electron chi connectivity index (χ0n) is 9.57. The molecule has 3 heteroatoms. The van der Waals surface area contributed by atoms with Crippen molar-refractivity contribution >= 4 is 5.91 Å². The maximum atomic E-state index is 11.9. The molecule has 1 aromatic carbocycles. The molecule has 3 N–H and O–H groups in total. The maximum absolute atomic E-state index is 11.9. The quantitative estimate of drug-likeness (QED) is 0.812. The third kappa shape index (κ3) is 2.09. The van der Waals surface area contributed by atoms with Gasteiger partial charge in [0.25, 0.3) is 0 Å². The zero-order chi connectivity index (χ0) is 11.6. The normalized spacial score (nSPS) is 19.6. The molecule has 0 radical (unpaired) electrons. The molecule has 1 amide bonds. The number of hydrogen-bond donors (Lipinski definition) is 2. The van der Waals surface area contributed by atoms with E-state index in [1.54, 1.807) is 0 Å². The standard InChI is InChI=1S/C13H18N2O/c1-10(11-6-3-2-4-7-11)15-12(16)13(14)8-5-9-13/h2-4,6-7,10H,5,8-9,14H2,1H3,(H,15,16)/t10-/m1/s1. The van der Waals surface area contributed by atoms with E-state index < -0.39 is 5.54 Å². The average molecular weight is 218 g/mol. The Bertz CT molecular complexity index is 371. The molecule has 1 saturated carbocycles. The van der Waals surface area contributed by atoms with Gasteiger partial charge in [-0.15, -0.1) is 0 Å². The van der Waals surface area contributed by atoms with Crippen LogP contribution in [0.25, 0.3) is 0 Å². The van der Waals surface area contributed by atoms with Crippen molar-refractivity contribution < 1.29 is 4.79 Å². The van der Waals surface area contributed by atoms with E-state index in [0.29, 0.717) is 0 Å². The third-order valence-electron chi connectivity index (χ3n) is 3.35. The topological polar surface area (TPSA) is 55.1 Å². The van der Waals surface area contributed by atoms with Crippen molar-refractivity contribution in [3.63, 3.8) is 0 Å². The summed E-state index contributed by atoms with van der Waals surface area (Å²) in [5.74, 6) is -0.0184. The molecular weight excluding hydrogens is 200 g/mol. The average Bonchev–Trinajstić information content (AvgIpc) is 2.27. The maximum Gasteiger partial charge on any atom is 0.240 e. The fourth-order valence-electron chi connectivity index (χ4n) is 1.95. The molecule has 0 aromatic heterocycles. The summed E-state index contributed by atoms with van der Waals surface area (Å²) in [6.07, 6.45) is 2.67. The first kappa shape index (κ1) is 11.1. The number of carbonyl (C=O) groups excluding carboxylic acids is 1. The highest BCUT2D eigenvalue weighted by atomic mass is 16.2. The predicted molar refractivity (Wildman–Crippen MR) is 63.8 cm³/mol. The second-order valence-electron chi connectivity index (χ2n) is 4.62. The summed E-state index contributed by atoms with van der Waals surface area (Å²) >= 11 is 0. The largest absolute Gasteiger partial charge is 0.348 e. The summed E-state index contributed by atoms with van der Waals surface area (Å²) in [7, 11) is 0. The molecule has 1 atom stereocenters. The lowest BCUT2D eigenvalue weighted by molar-refractivity contribution is -0.129. The molecule has 0 bridgehead atoms. The molecule has 86 valence electrons. The van der Waals surface area contributed by atoms with Crippen LogP contribution in [0.3, 0.4) is 0 Å². The molecule has 0 aliphatic heterocycles. The highest BCUT2D eigenvalue weighted by Gasteiger charge is 2.40. The molecule has 1 fully saturated rings. The minimum atomic E-state index is -0.608. The van der Waals surface area contributed by atoms with E-state index in [1.165, 1.54) is 0 Å². The number of hydrogen-bond acceptors (Lipinski definition) is 2. The van der Waals surface area contributed by atoms with Crippen LogP contribution in [0, 0.1) is 0 Å². The van der Waals surface area contributed by atoms with E-state index in [4.69, 9.17) is 5.73 Å². The summed E-state index contributed by atoms with van der Waals surface area (Å²) in [6, 6.07) is 9.95. The molecule has 0 heterocycles. The number of benzene rings is 1. The van der Waals surface area contributed by atoms with Crippen molar-refractivity contribution in [3.8, 4) is 0 Å². The van der Waals surface area contributed by atoms with E-state index in [9.17, 15) is 4.79 Å². The highest BCUT2D eigenvalue weighted by molar-refractivity contribution is 5.87. The van der Waals surface area contributed by atoms with Crippen molar-refractivity contribution in [2.24, 2.45) is 5.73 Å². The number of rotatable bonds is 3. The Morgan fingerprint density at radius 2 is 2.00 bits per heavy atom. The number of amides is 1. The van der Waals surface area contributed by atoms with Crippen LogP contribution >= 0.6 is 0 Å². The molecule has 0 saturated heterocycles. The Morgan fingerprint density at radius 1 is 1.38 bits per heavy atom. The van der Waals surface area contributed by atoms with Gasteiger partial charge in [0.15, 0.2) is 0 Å². The summed E-state index contributed by atoms with van der Waals surface area (Å²) in [6.45, 7) is 1.98. The van der Waals surface area contributed by atoms with E-state index in [1.807, 2.05) is 37.3 Å². The predicted octanol–water partition coefficient (Wildman–Crippen LogP) is 1.75. The van der Waals surface area contributed by atoms with Gasteiger partial charge in [0.1, 0.15) is 0 Å². The van der Waals surface area contributed by atoms with E-state index in [0.717, 1.165) is 24.8 Å². The van der Waals surface area contributed by atoms with Crippen LogP contribution in [-0.2, 0) is 4.79 Å². The van der Waals surface area contributed by atoms with Crippen LogP contribution in [0.2, 0.25) is 0 Å². The fraction of sp³-hybridized carbons (Fsp3) is 0.462. The lowest BCUT2D eigenvalue weighted by Crippen LogP contribution is -2.58. The molecule has 1 aliphatic carbocycles. The highest BCUT2D eigenvalue weighted by Crippen LogP contribution is 2.29. The van der Waals surface area contributed by atoms with Crippen LogP contribution in [-0.4, -0.2) is 11.4 Å². The van der Waals surface area contributed by atoms with Crippen molar-refractivity contribution in [2.75, 3.05) is 0 Å². The number of nitrogens with one attached hydrogen (secondary N) is 1. The first-order valence-electron chi connectivity index (χ1n) is 5.77. The van der Waals surface area contributed by atoms with Gasteiger partial charge in [0, 0.05) is 0 Å². The van der Waals surface area contributed by atoms with Crippen LogP contribution in [0.5, 0.6) is 0 Å². The van der Waals surface area contributed by atoms with Crippen molar-refractivity contribution in [1.29, 1.82) is 0 Å². The summed E-state index contributed by atoms with van der Waals surface area (Å²) in [4.78, 5) is 11.9. The molecule has 0 spiro atoms. The van der Waals surface area contributed by atoms with Gasteiger partial charge in [-0.1, -0.05) is 30.3 Å². The molecule has 0 unspecified atom stereocenters. The van der Waals surface area contributed by atoms with Crippen molar-refractivity contribution in [2.45, 2.75) is 37.8 Å². The number of nitrogens with two attached hydrogens (primary N) is 1. The van der Waals surface area contributed by atoms with Crippen molar-refractivity contribution in [3.05, 3.63) is 35.9 Å². The summed E-state index contributed by atoms with van der Waals surface area (Å²) in [5, 5.41) is 2.97. The van der Waals surface area contributed by atoms with E-state index >= 15 is 0 Å². The van der Waals surface area contributed by atoms with Gasteiger partial charge >= 0.3 is 0 Å². The molecular formula is C13H18N2O. The molecule has 1 aliphatic rings. The Hall–Kier alpha value is -1.35. The first-order chi connectivity index (χ1) is 7.62. The van der Waals surface area contributed by atoms with Crippen LogP contribution in [0.1, 0.15) is 37.8 Å². The Labute approximate surface area is 96.0 Å². The fourth-order valence-corrected chi connectivity index (χ4v) is 1.95. The second kappa shape index (κ2) is 4.26. The summed E-state index contributed by atoms with van der Waals surface area (Å²) in [5.41, 5.74) is 6.46. The molecule has 3 nitrogen and oxygen atoms in total. The molecule has 1 aromatic rings. The first-order valence-corrected chi connectivity index (χ1v) is 5.77. The third-order valence-corrected chi connectivity index (χ3v) is 3.35. The van der Waals surface area contributed by atoms with Gasteiger partial charge in [-0.05, 0) is 31.7 Å². The zero-order valence-corrected chi connectivity index (χ0v) is 9.57. The summed E-state index contributed by atoms with van der Waals surface area (Å²) < 4.78 is 0. The minimum Gasteiger partial charge on any atom is -0.348 e. The Balaban J connectivity index is 1.97. The van der Waals surface area contributed by atoms with Gasteiger partial charge in [-0.3, -0.25) is 4.79 Å². The van der Waals surface area contributed by atoms with Gasteiger partial charge in [-0.2, -0.15) is 0 Å². The van der Waals surface area contributed by atoms with Crippen molar-refractivity contribution in [1.82, 2.24) is 5.32 Å². The smallest absolute Gasteiger partial charge is 0.240 e. The molecule has 2 rings (SSSR count). The molecule has 16 heavy (non-hydrogen) atoms. The second-order valence-corrected chi connectivity index (χ2v) is 4.62. The number of carbonyl (C=O) groups is 1. The lowest BCUT2D eigenvalue weighted by Gasteiger charge is -2.37. The van der Waals surface area contributed by atoms with Crippen LogP contribution in [0.15, 0.2) is 30.3 Å². The SMILES string of the molecule is C[C@@H](NC(=O)C1(N)CCC1)c1ccccc1. The Morgan fingerprint density at radius 3 is 2.50 bits per heavy atom. The van der Waals surface area contributed by atoms with Crippen LogP contribution in [0.4, 0.5) is 0 Å².